The van der Waals surface area contributed by atoms with E-state index in [4.69, 9.17) is 0 Å². The van der Waals surface area contributed by atoms with E-state index >= 15 is 0 Å². The Bertz CT molecular complexity index is 658. The fraction of sp³-hybridized carbons (Fsp3) is 0.235. The molecule has 4 heteroatoms. The Morgan fingerprint density at radius 3 is 2.76 bits per heavy atom. The lowest BCUT2D eigenvalue weighted by Crippen LogP contribution is -2.25. The van der Waals surface area contributed by atoms with Gasteiger partial charge in [-0.1, -0.05) is 43.3 Å². The molecule has 3 rings (SSSR count). The number of rotatable bonds is 6. The first kappa shape index (κ1) is 14.0. The Morgan fingerprint density at radius 2 is 2.05 bits per heavy atom. The number of nitrogens with one attached hydrogen (secondary N) is 1. The zero-order chi connectivity index (χ0) is 14.5. The molecule has 0 fully saturated rings. The van der Waals surface area contributed by atoms with Crippen LogP contribution < -0.4 is 5.32 Å². The SMILES string of the molecule is CCNC(Cn1ccnc1-c1cccs1)c1ccccc1. The van der Waals surface area contributed by atoms with Gasteiger partial charge in [-0.05, 0) is 23.6 Å². The van der Waals surface area contributed by atoms with Gasteiger partial charge in [-0.3, -0.25) is 0 Å². The van der Waals surface area contributed by atoms with Crippen molar-refractivity contribution in [1.29, 1.82) is 0 Å². The van der Waals surface area contributed by atoms with Gasteiger partial charge in [-0.2, -0.15) is 0 Å². The lowest BCUT2D eigenvalue weighted by Gasteiger charge is -2.20. The van der Waals surface area contributed by atoms with Crippen molar-refractivity contribution in [2.45, 2.75) is 19.5 Å². The average Bonchev–Trinajstić information content (AvgIpc) is 3.18. The lowest BCUT2D eigenvalue weighted by molar-refractivity contribution is 0.477. The molecule has 2 aromatic heterocycles. The van der Waals surface area contributed by atoms with Crippen molar-refractivity contribution >= 4 is 11.3 Å². The Balaban J connectivity index is 1.86. The van der Waals surface area contributed by atoms with Crippen LogP contribution in [0.1, 0.15) is 18.5 Å². The monoisotopic (exact) mass is 297 g/mol. The number of likely N-dealkylation sites (N-methyl/N-ethyl adjacent to an activating group) is 1. The molecule has 0 saturated carbocycles. The summed E-state index contributed by atoms with van der Waals surface area (Å²) >= 11 is 1.73. The van der Waals surface area contributed by atoms with Crippen LogP contribution in [0, 0.1) is 0 Å². The van der Waals surface area contributed by atoms with E-state index in [0.717, 1.165) is 18.9 Å². The minimum absolute atomic E-state index is 0.295. The van der Waals surface area contributed by atoms with Crippen LogP contribution in [0.2, 0.25) is 0 Å². The summed E-state index contributed by atoms with van der Waals surface area (Å²) < 4.78 is 2.23. The van der Waals surface area contributed by atoms with Crippen molar-refractivity contribution in [2.24, 2.45) is 0 Å². The smallest absolute Gasteiger partial charge is 0.150 e. The highest BCUT2D eigenvalue weighted by Gasteiger charge is 2.14. The number of aromatic nitrogens is 2. The Morgan fingerprint density at radius 1 is 1.19 bits per heavy atom. The number of imidazole rings is 1. The van der Waals surface area contributed by atoms with Gasteiger partial charge >= 0.3 is 0 Å². The topological polar surface area (TPSA) is 29.9 Å². The summed E-state index contributed by atoms with van der Waals surface area (Å²) in [6.45, 7) is 3.97. The quantitative estimate of drug-likeness (QED) is 0.746. The zero-order valence-corrected chi connectivity index (χ0v) is 12.9. The molecule has 2 heterocycles. The summed E-state index contributed by atoms with van der Waals surface area (Å²) in [6.07, 6.45) is 3.94. The molecule has 0 bridgehead atoms. The number of hydrogen-bond donors (Lipinski definition) is 1. The molecule has 1 aromatic carbocycles. The second-order valence-electron chi connectivity index (χ2n) is 4.90. The molecule has 0 aliphatic carbocycles. The van der Waals surface area contributed by atoms with Crippen LogP contribution in [0.5, 0.6) is 0 Å². The second-order valence-corrected chi connectivity index (χ2v) is 5.85. The molecule has 108 valence electrons. The molecule has 0 saturated heterocycles. The largest absolute Gasteiger partial charge is 0.328 e. The Labute approximate surface area is 129 Å². The van der Waals surface area contributed by atoms with Gasteiger partial charge in [0.05, 0.1) is 10.9 Å². The van der Waals surface area contributed by atoms with E-state index in [1.165, 1.54) is 10.4 Å². The molecule has 0 radical (unpaired) electrons. The van der Waals surface area contributed by atoms with E-state index < -0.39 is 0 Å². The first-order valence-corrected chi connectivity index (χ1v) is 8.09. The minimum Gasteiger partial charge on any atom is -0.328 e. The standard InChI is InChI=1S/C17H19N3S/c1-2-18-15(14-7-4-3-5-8-14)13-20-11-10-19-17(20)16-9-6-12-21-16/h3-12,15,18H,2,13H2,1H3. The predicted octanol–water partition coefficient (Wildman–Crippen LogP) is 3.96. The molecule has 3 nitrogen and oxygen atoms in total. The van der Waals surface area contributed by atoms with Crippen molar-refractivity contribution in [2.75, 3.05) is 6.54 Å². The van der Waals surface area contributed by atoms with Gasteiger partial charge < -0.3 is 9.88 Å². The fourth-order valence-corrected chi connectivity index (χ4v) is 3.24. The van der Waals surface area contributed by atoms with Gasteiger partial charge in [0, 0.05) is 18.9 Å². The van der Waals surface area contributed by atoms with E-state index in [-0.39, 0.29) is 0 Å². The molecular formula is C17H19N3S. The molecule has 21 heavy (non-hydrogen) atoms. The highest BCUT2D eigenvalue weighted by molar-refractivity contribution is 7.13. The van der Waals surface area contributed by atoms with Crippen LogP contribution in [0.3, 0.4) is 0 Å². The third-order valence-electron chi connectivity index (χ3n) is 3.49. The van der Waals surface area contributed by atoms with Gasteiger partial charge in [-0.15, -0.1) is 11.3 Å². The molecule has 3 aromatic rings. The maximum Gasteiger partial charge on any atom is 0.150 e. The highest BCUT2D eigenvalue weighted by atomic mass is 32.1. The van der Waals surface area contributed by atoms with E-state index in [2.05, 4.69) is 75.8 Å². The fourth-order valence-electron chi connectivity index (χ4n) is 2.50. The Hall–Kier alpha value is -1.91. The van der Waals surface area contributed by atoms with Crippen molar-refractivity contribution in [3.05, 3.63) is 65.8 Å². The van der Waals surface area contributed by atoms with Crippen LogP contribution in [-0.4, -0.2) is 16.1 Å². The van der Waals surface area contributed by atoms with Crippen LogP contribution in [0.15, 0.2) is 60.2 Å². The van der Waals surface area contributed by atoms with Crippen LogP contribution >= 0.6 is 11.3 Å². The second kappa shape index (κ2) is 6.70. The van der Waals surface area contributed by atoms with Crippen LogP contribution in [-0.2, 0) is 6.54 Å². The van der Waals surface area contributed by atoms with E-state index in [0.29, 0.717) is 6.04 Å². The third kappa shape index (κ3) is 3.23. The number of nitrogens with zero attached hydrogens (tertiary/aromatic N) is 2. The lowest BCUT2D eigenvalue weighted by atomic mass is 10.1. The highest BCUT2D eigenvalue weighted by Crippen LogP contribution is 2.25. The molecule has 1 atom stereocenters. The first-order valence-electron chi connectivity index (χ1n) is 7.22. The van der Waals surface area contributed by atoms with E-state index in [1.807, 2.05) is 6.20 Å². The van der Waals surface area contributed by atoms with Gasteiger partial charge in [0.1, 0.15) is 5.82 Å². The first-order chi connectivity index (χ1) is 10.4. The maximum atomic E-state index is 4.51. The third-order valence-corrected chi connectivity index (χ3v) is 4.35. The zero-order valence-electron chi connectivity index (χ0n) is 12.1. The van der Waals surface area contributed by atoms with Gasteiger partial charge in [-0.25, -0.2) is 4.98 Å². The molecular weight excluding hydrogens is 278 g/mol. The van der Waals surface area contributed by atoms with E-state index in [1.54, 1.807) is 11.3 Å². The molecule has 1 N–H and O–H groups in total. The van der Waals surface area contributed by atoms with E-state index in [9.17, 15) is 0 Å². The predicted molar refractivity (Wildman–Crippen MR) is 88.4 cm³/mol. The summed E-state index contributed by atoms with van der Waals surface area (Å²) in [6, 6.07) is 15.1. The van der Waals surface area contributed by atoms with Crippen molar-refractivity contribution in [1.82, 2.24) is 14.9 Å². The number of thiophene rings is 1. The summed E-state index contributed by atoms with van der Waals surface area (Å²) in [5, 5.41) is 5.66. The summed E-state index contributed by atoms with van der Waals surface area (Å²) in [4.78, 5) is 5.72. The summed E-state index contributed by atoms with van der Waals surface area (Å²) in [5.41, 5.74) is 1.31. The number of benzene rings is 1. The van der Waals surface area contributed by atoms with Gasteiger partial charge in [0.15, 0.2) is 0 Å². The molecule has 0 aliphatic rings. The molecule has 0 aliphatic heterocycles. The normalized spacial score (nSPS) is 12.4. The summed E-state index contributed by atoms with van der Waals surface area (Å²) in [5.74, 6) is 1.05. The van der Waals surface area contributed by atoms with Crippen molar-refractivity contribution in [3.8, 4) is 10.7 Å². The Kier molecular flexibility index (Phi) is 4.48. The molecule has 1 unspecified atom stereocenters. The number of hydrogen-bond acceptors (Lipinski definition) is 3. The summed E-state index contributed by atoms with van der Waals surface area (Å²) in [7, 11) is 0. The van der Waals surface area contributed by atoms with Gasteiger partial charge in [0.25, 0.3) is 0 Å². The average molecular weight is 297 g/mol. The van der Waals surface area contributed by atoms with Crippen molar-refractivity contribution < 1.29 is 0 Å². The maximum absolute atomic E-state index is 4.51. The van der Waals surface area contributed by atoms with Crippen LogP contribution in [0.4, 0.5) is 0 Å². The van der Waals surface area contributed by atoms with Gasteiger partial charge in [0.2, 0.25) is 0 Å². The van der Waals surface area contributed by atoms with Crippen molar-refractivity contribution in [3.63, 3.8) is 0 Å². The minimum atomic E-state index is 0.295. The molecule has 0 amide bonds. The molecule has 0 spiro atoms. The van der Waals surface area contributed by atoms with Crippen LogP contribution in [0.25, 0.3) is 10.7 Å².